The van der Waals surface area contributed by atoms with Gasteiger partial charge in [0, 0.05) is 29.4 Å². The second kappa shape index (κ2) is 5.42. The van der Waals surface area contributed by atoms with Crippen molar-refractivity contribution in [1.29, 1.82) is 0 Å². The van der Waals surface area contributed by atoms with Gasteiger partial charge in [0.2, 0.25) is 0 Å². The molecular formula is C14H15N5S. The molecule has 2 heterocycles. The van der Waals surface area contributed by atoms with Gasteiger partial charge in [0.05, 0.1) is 11.6 Å². The van der Waals surface area contributed by atoms with E-state index in [0.29, 0.717) is 0 Å². The van der Waals surface area contributed by atoms with E-state index in [2.05, 4.69) is 33.5 Å². The number of aromatic nitrogens is 4. The zero-order valence-electron chi connectivity index (χ0n) is 11.3. The van der Waals surface area contributed by atoms with E-state index >= 15 is 0 Å². The summed E-state index contributed by atoms with van der Waals surface area (Å²) in [6, 6.07) is 8.33. The summed E-state index contributed by atoms with van der Waals surface area (Å²) >= 11 is 1.65. The number of anilines is 1. The number of nitrogens with one attached hydrogen (secondary N) is 1. The number of hydrogen-bond donors (Lipinski definition) is 1. The molecule has 6 heteroatoms. The van der Waals surface area contributed by atoms with Crippen LogP contribution in [-0.2, 0) is 7.05 Å². The third kappa shape index (κ3) is 2.42. The van der Waals surface area contributed by atoms with E-state index in [0.717, 1.165) is 17.1 Å². The lowest BCUT2D eigenvalue weighted by Gasteiger charge is -2.16. The predicted octanol–water partition coefficient (Wildman–Crippen LogP) is 3.11. The van der Waals surface area contributed by atoms with Gasteiger partial charge in [-0.05, 0) is 19.1 Å². The maximum Gasteiger partial charge on any atom is 0.165 e. The largest absolute Gasteiger partial charge is 0.377 e. The smallest absolute Gasteiger partial charge is 0.165 e. The summed E-state index contributed by atoms with van der Waals surface area (Å²) in [6.07, 6.45) is 3.60. The Morgan fingerprint density at radius 1 is 1.30 bits per heavy atom. The van der Waals surface area contributed by atoms with Gasteiger partial charge < -0.3 is 9.88 Å². The van der Waals surface area contributed by atoms with Crippen LogP contribution in [0.2, 0.25) is 0 Å². The fourth-order valence-corrected chi connectivity index (χ4v) is 2.70. The molecule has 0 aliphatic rings. The van der Waals surface area contributed by atoms with Crippen LogP contribution in [0.1, 0.15) is 17.8 Å². The number of para-hydroxylation sites is 1. The highest BCUT2D eigenvalue weighted by atomic mass is 32.1. The maximum atomic E-state index is 4.18. The average Bonchev–Trinajstić information content (AvgIpc) is 3.10. The molecule has 0 amide bonds. The minimum absolute atomic E-state index is 0.205. The van der Waals surface area contributed by atoms with E-state index in [1.165, 1.54) is 4.88 Å². The summed E-state index contributed by atoms with van der Waals surface area (Å²) in [5, 5.41) is 11.6. The van der Waals surface area contributed by atoms with Crippen molar-refractivity contribution in [2.24, 2.45) is 7.05 Å². The molecule has 0 saturated carbocycles. The fourth-order valence-electron chi connectivity index (χ4n) is 2.07. The molecule has 102 valence electrons. The highest BCUT2D eigenvalue weighted by Crippen LogP contribution is 2.29. The molecule has 3 rings (SSSR count). The van der Waals surface area contributed by atoms with Gasteiger partial charge in [0.25, 0.3) is 0 Å². The molecule has 5 nitrogen and oxygen atoms in total. The zero-order chi connectivity index (χ0) is 13.9. The Hall–Kier alpha value is -2.21. The van der Waals surface area contributed by atoms with Crippen molar-refractivity contribution in [2.45, 2.75) is 13.0 Å². The molecule has 1 aromatic carbocycles. The number of rotatable bonds is 4. The number of benzene rings is 1. The van der Waals surface area contributed by atoms with Crippen molar-refractivity contribution >= 4 is 17.0 Å². The van der Waals surface area contributed by atoms with E-state index in [-0.39, 0.29) is 6.04 Å². The monoisotopic (exact) mass is 285 g/mol. The first-order chi connectivity index (χ1) is 9.75. The highest BCUT2D eigenvalue weighted by Gasteiger charge is 2.13. The maximum absolute atomic E-state index is 4.18. The molecule has 1 unspecified atom stereocenters. The summed E-state index contributed by atoms with van der Waals surface area (Å²) in [7, 11) is 1.94. The second-order valence-electron chi connectivity index (χ2n) is 4.58. The molecule has 0 spiro atoms. The quantitative estimate of drug-likeness (QED) is 0.800. The SMILES string of the molecule is CC(Nc1ccccc1-c1nncn1C)c1cncs1. The minimum Gasteiger partial charge on any atom is -0.377 e. The lowest BCUT2D eigenvalue weighted by atomic mass is 10.1. The van der Waals surface area contributed by atoms with Gasteiger partial charge in [0.15, 0.2) is 5.82 Å². The average molecular weight is 285 g/mol. The summed E-state index contributed by atoms with van der Waals surface area (Å²) in [6.45, 7) is 2.13. The molecule has 0 aliphatic heterocycles. The first-order valence-corrected chi connectivity index (χ1v) is 7.22. The number of thiazole rings is 1. The van der Waals surface area contributed by atoms with E-state index in [9.17, 15) is 0 Å². The molecule has 20 heavy (non-hydrogen) atoms. The van der Waals surface area contributed by atoms with Crippen LogP contribution in [0.15, 0.2) is 42.3 Å². The normalized spacial score (nSPS) is 12.3. The fraction of sp³-hybridized carbons (Fsp3) is 0.214. The Morgan fingerprint density at radius 3 is 2.85 bits per heavy atom. The summed E-state index contributed by atoms with van der Waals surface area (Å²) in [5.41, 5.74) is 3.94. The number of nitrogens with zero attached hydrogens (tertiary/aromatic N) is 4. The predicted molar refractivity (Wildman–Crippen MR) is 80.6 cm³/mol. The van der Waals surface area contributed by atoms with Gasteiger partial charge in [-0.1, -0.05) is 12.1 Å². The highest BCUT2D eigenvalue weighted by molar-refractivity contribution is 7.09. The van der Waals surface area contributed by atoms with Gasteiger partial charge >= 0.3 is 0 Å². The van der Waals surface area contributed by atoms with Crippen LogP contribution in [0.3, 0.4) is 0 Å². The topological polar surface area (TPSA) is 55.6 Å². The summed E-state index contributed by atoms with van der Waals surface area (Å²) < 4.78 is 1.91. The molecular weight excluding hydrogens is 270 g/mol. The van der Waals surface area contributed by atoms with Crippen LogP contribution in [0, 0.1) is 0 Å². The van der Waals surface area contributed by atoms with Crippen LogP contribution in [0.4, 0.5) is 5.69 Å². The van der Waals surface area contributed by atoms with Crippen LogP contribution >= 0.6 is 11.3 Å². The Bertz CT molecular complexity index is 689. The lowest BCUT2D eigenvalue weighted by Crippen LogP contribution is -2.06. The molecule has 1 N–H and O–H groups in total. The summed E-state index contributed by atoms with van der Waals surface area (Å²) in [5.74, 6) is 0.851. The van der Waals surface area contributed by atoms with Crippen LogP contribution in [0.25, 0.3) is 11.4 Å². The Labute approximate surface area is 121 Å². The molecule has 1 atom stereocenters. The van der Waals surface area contributed by atoms with Crippen LogP contribution in [-0.4, -0.2) is 19.7 Å². The molecule has 3 aromatic rings. The molecule has 0 bridgehead atoms. The van der Waals surface area contributed by atoms with Crippen molar-refractivity contribution < 1.29 is 0 Å². The van der Waals surface area contributed by atoms with Gasteiger partial charge in [-0.2, -0.15) is 0 Å². The Balaban J connectivity index is 1.93. The van der Waals surface area contributed by atoms with Crippen molar-refractivity contribution in [3.05, 3.63) is 47.2 Å². The van der Waals surface area contributed by atoms with Crippen molar-refractivity contribution in [3.63, 3.8) is 0 Å². The van der Waals surface area contributed by atoms with Gasteiger partial charge in [-0.3, -0.25) is 4.98 Å². The molecule has 0 fully saturated rings. The first kappa shape index (κ1) is 12.8. The molecule has 0 aliphatic carbocycles. The number of aryl methyl sites for hydroxylation is 1. The lowest BCUT2D eigenvalue weighted by molar-refractivity contribution is 0.897. The van der Waals surface area contributed by atoms with E-state index in [4.69, 9.17) is 0 Å². The Morgan fingerprint density at radius 2 is 2.15 bits per heavy atom. The third-order valence-electron chi connectivity index (χ3n) is 3.13. The minimum atomic E-state index is 0.205. The van der Waals surface area contributed by atoms with E-state index in [1.54, 1.807) is 17.7 Å². The Kier molecular flexibility index (Phi) is 3.47. The van der Waals surface area contributed by atoms with Gasteiger partial charge in [0.1, 0.15) is 6.33 Å². The van der Waals surface area contributed by atoms with Crippen LogP contribution in [0.5, 0.6) is 0 Å². The zero-order valence-corrected chi connectivity index (χ0v) is 12.1. The third-order valence-corrected chi connectivity index (χ3v) is 4.09. The van der Waals surface area contributed by atoms with Gasteiger partial charge in [-0.25, -0.2) is 0 Å². The van der Waals surface area contributed by atoms with Crippen molar-refractivity contribution in [3.8, 4) is 11.4 Å². The number of hydrogen-bond acceptors (Lipinski definition) is 5. The van der Waals surface area contributed by atoms with Gasteiger partial charge in [-0.15, -0.1) is 21.5 Å². The first-order valence-electron chi connectivity index (χ1n) is 6.34. The molecule has 2 aromatic heterocycles. The van der Waals surface area contributed by atoms with E-state index < -0.39 is 0 Å². The molecule has 0 radical (unpaired) electrons. The summed E-state index contributed by atoms with van der Waals surface area (Å²) in [4.78, 5) is 5.33. The standard InChI is InChI=1S/C14H15N5S/c1-10(13-7-15-9-20-13)17-12-6-4-3-5-11(12)14-18-16-8-19(14)2/h3-10,17H,1-2H3. The molecule has 0 saturated heterocycles. The van der Waals surface area contributed by atoms with Crippen LogP contribution < -0.4 is 5.32 Å². The van der Waals surface area contributed by atoms with Crippen molar-refractivity contribution in [1.82, 2.24) is 19.7 Å². The van der Waals surface area contributed by atoms with Crippen molar-refractivity contribution in [2.75, 3.05) is 5.32 Å². The second-order valence-corrected chi connectivity index (χ2v) is 5.50. The van der Waals surface area contributed by atoms with E-state index in [1.807, 2.05) is 41.5 Å².